The Morgan fingerprint density at radius 1 is 0.950 bits per heavy atom. The molecule has 0 amide bonds. The first-order valence-corrected chi connectivity index (χ1v) is 7.19. The van der Waals surface area contributed by atoms with Crippen LogP contribution in [0, 0.1) is 0 Å². The normalized spacial score (nSPS) is 14.2. The second-order valence-electron chi connectivity index (χ2n) is 5.24. The zero-order valence-corrected chi connectivity index (χ0v) is 12.9. The minimum atomic E-state index is 0.296. The first-order chi connectivity index (χ1) is 9.49. The smallest absolute Gasteiger partial charge is 0.0406 e. The van der Waals surface area contributed by atoms with Crippen molar-refractivity contribution >= 4 is 17.3 Å². The lowest BCUT2D eigenvalue weighted by molar-refractivity contribution is 0.199. The third-order valence-electron chi connectivity index (χ3n) is 3.97. The van der Waals surface area contributed by atoms with Crippen molar-refractivity contribution < 1.29 is 0 Å². The number of rotatable bonds is 4. The third-order valence-corrected chi connectivity index (χ3v) is 4.22. The van der Waals surface area contributed by atoms with Gasteiger partial charge >= 0.3 is 0 Å². The van der Waals surface area contributed by atoms with E-state index in [1.807, 2.05) is 30.3 Å². The molecule has 2 N–H and O–H groups in total. The average molecular weight is 289 g/mol. The number of anilines is 1. The number of nitrogen functional groups attached to an aromatic ring is 1. The van der Waals surface area contributed by atoms with Gasteiger partial charge < -0.3 is 5.73 Å². The molecule has 0 aromatic heterocycles. The molecular formula is C17H21ClN2. The Bertz CT molecular complexity index is 565. The Labute approximate surface area is 126 Å². The van der Waals surface area contributed by atoms with Crippen molar-refractivity contribution in [2.24, 2.45) is 0 Å². The highest BCUT2D eigenvalue weighted by Crippen LogP contribution is 2.29. The van der Waals surface area contributed by atoms with Crippen LogP contribution < -0.4 is 5.73 Å². The minimum Gasteiger partial charge on any atom is -0.399 e. The van der Waals surface area contributed by atoms with Gasteiger partial charge in [0.15, 0.2) is 0 Å². The van der Waals surface area contributed by atoms with Crippen LogP contribution in [0.3, 0.4) is 0 Å². The summed E-state index contributed by atoms with van der Waals surface area (Å²) in [6, 6.07) is 16.7. The lowest BCUT2D eigenvalue weighted by Gasteiger charge is -2.31. The number of benzene rings is 2. The lowest BCUT2D eigenvalue weighted by atomic mass is 10.0. The number of nitrogens with two attached hydrogens (primary N) is 1. The molecule has 20 heavy (non-hydrogen) atoms. The summed E-state index contributed by atoms with van der Waals surface area (Å²) in [7, 11) is 2.13. The molecule has 0 spiro atoms. The van der Waals surface area contributed by atoms with Crippen molar-refractivity contribution in [2.75, 3.05) is 12.8 Å². The van der Waals surface area contributed by atoms with Gasteiger partial charge in [-0.25, -0.2) is 0 Å². The van der Waals surface area contributed by atoms with Gasteiger partial charge in [-0.05, 0) is 56.3 Å². The topological polar surface area (TPSA) is 29.3 Å². The molecule has 2 aromatic rings. The van der Waals surface area contributed by atoms with Crippen LogP contribution >= 0.6 is 11.6 Å². The van der Waals surface area contributed by atoms with Crippen LogP contribution in [0.4, 0.5) is 5.69 Å². The van der Waals surface area contributed by atoms with Gasteiger partial charge in [0.1, 0.15) is 0 Å². The van der Waals surface area contributed by atoms with Crippen molar-refractivity contribution in [3.05, 3.63) is 64.7 Å². The van der Waals surface area contributed by atoms with Crippen molar-refractivity contribution in [1.29, 1.82) is 0 Å². The van der Waals surface area contributed by atoms with E-state index in [4.69, 9.17) is 17.3 Å². The van der Waals surface area contributed by atoms with E-state index in [0.29, 0.717) is 12.1 Å². The zero-order chi connectivity index (χ0) is 14.7. The van der Waals surface area contributed by atoms with E-state index < -0.39 is 0 Å². The quantitative estimate of drug-likeness (QED) is 0.828. The molecule has 0 bridgehead atoms. The van der Waals surface area contributed by atoms with Crippen LogP contribution in [0.1, 0.15) is 37.1 Å². The Morgan fingerprint density at radius 3 is 2.15 bits per heavy atom. The van der Waals surface area contributed by atoms with E-state index in [1.54, 1.807) is 0 Å². The van der Waals surface area contributed by atoms with E-state index in [1.165, 1.54) is 11.1 Å². The molecular weight excluding hydrogens is 268 g/mol. The molecule has 0 radical (unpaired) electrons. The fourth-order valence-corrected chi connectivity index (χ4v) is 2.49. The Balaban J connectivity index is 2.17. The predicted molar refractivity (Wildman–Crippen MR) is 86.9 cm³/mol. The number of hydrogen-bond donors (Lipinski definition) is 1. The van der Waals surface area contributed by atoms with Crippen molar-refractivity contribution in [3.63, 3.8) is 0 Å². The maximum atomic E-state index is 5.94. The molecule has 2 atom stereocenters. The molecule has 0 aliphatic rings. The molecule has 2 unspecified atom stereocenters. The van der Waals surface area contributed by atoms with Gasteiger partial charge in [0.2, 0.25) is 0 Å². The lowest BCUT2D eigenvalue weighted by Crippen LogP contribution is -2.25. The van der Waals surface area contributed by atoms with Gasteiger partial charge in [-0.3, -0.25) is 4.90 Å². The van der Waals surface area contributed by atoms with E-state index in [-0.39, 0.29) is 0 Å². The second-order valence-corrected chi connectivity index (χ2v) is 5.68. The first-order valence-electron chi connectivity index (χ1n) is 6.82. The molecule has 2 rings (SSSR count). The van der Waals surface area contributed by atoms with Crippen LogP contribution in [0.5, 0.6) is 0 Å². The summed E-state index contributed by atoms with van der Waals surface area (Å²) in [4.78, 5) is 2.33. The third kappa shape index (κ3) is 3.33. The summed E-state index contributed by atoms with van der Waals surface area (Å²) >= 11 is 5.94. The molecule has 0 saturated heterocycles. The van der Waals surface area contributed by atoms with Gasteiger partial charge in [0.25, 0.3) is 0 Å². The van der Waals surface area contributed by atoms with Crippen LogP contribution in [0.15, 0.2) is 48.5 Å². The highest BCUT2D eigenvalue weighted by molar-refractivity contribution is 6.30. The molecule has 0 aliphatic carbocycles. The molecule has 0 saturated carbocycles. The highest BCUT2D eigenvalue weighted by atomic mass is 35.5. The Morgan fingerprint density at radius 2 is 1.55 bits per heavy atom. The maximum absolute atomic E-state index is 5.94. The molecule has 3 heteroatoms. The second kappa shape index (κ2) is 6.29. The number of hydrogen-bond acceptors (Lipinski definition) is 2. The van der Waals surface area contributed by atoms with Gasteiger partial charge in [0.05, 0.1) is 0 Å². The molecule has 2 nitrogen and oxygen atoms in total. The van der Waals surface area contributed by atoms with E-state index in [9.17, 15) is 0 Å². The summed E-state index contributed by atoms with van der Waals surface area (Å²) in [5.41, 5.74) is 9.16. The Kier molecular flexibility index (Phi) is 4.69. The number of nitrogens with zero attached hydrogens (tertiary/aromatic N) is 1. The summed E-state index contributed by atoms with van der Waals surface area (Å²) in [6.07, 6.45) is 0. The van der Waals surface area contributed by atoms with Gasteiger partial charge in [0, 0.05) is 22.8 Å². The van der Waals surface area contributed by atoms with Gasteiger partial charge in [-0.2, -0.15) is 0 Å². The summed E-state index contributed by atoms with van der Waals surface area (Å²) < 4.78 is 0. The standard InChI is InChI=1S/C17H21ClN2/c1-12(14-7-9-16(18)10-8-14)20(3)13(2)15-5-4-6-17(19)11-15/h4-13H,19H2,1-3H3. The fourth-order valence-electron chi connectivity index (χ4n) is 2.37. The average Bonchev–Trinajstić information content (AvgIpc) is 2.46. The fraction of sp³-hybridized carbons (Fsp3) is 0.294. The van der Waals surface area contributed by atoms with Crippen molar-refractivity contribution in [1.82, 2.24) is 4.90 Å². The highest BCUT2D eigenvalue weighted by Gasteiger charge is 2.18. The Hall–Kier alpha value is -1.51. The summed E-state index contributed by atoms with van der Waals surface area (Å²) in [6.45, 7) is 4.40. The van der Waals surface area contributed by atoms with Gasteiger partial charge in [-0.1, -0.05) is 35.9 Å². The van der Waals surface area contributed by atoms with Crippen molar-refractivity contribution in [3.8, 4) is 0 Å². The van der Waals surface area contributed by atoms with Crippen molar-refractivity contribution in [2.45, 2.75) is 25.9 Å². The molecule has 0 fully saturated rings. The summed E-state index contributed by atoms with van der Waals surface area (Å²) in [5.74, 6) is 0. The van der Waals surface area contributed by atoms with Crippen LogP contribution in [-0.2, 0) is 0 Å². The van der Waals surface area contributed by atoms with E-state index >= 15 is 0 Å². The van der Waals surface area contributed by atoms with Gasteiger partial charge in [-0.15, -0.1) is 0 Å². The largest absolute Gasteiger partial charge is 0.399 e. The predicted octanol–water partition coefficient (Wildman–Crippen LogP) is 4.68. The van der Waals surface area contributed by atoms with Crippen LogP contribution in [0.25, 0.3) is 0 Å². The molecule has 106 valence electrons. The van der Waals surface area contributed by atoms with Crippen LogP contribution in [-0.4, -0.2) is 11.9 Å². The maximum Gasteiger partial charge on any atom is 0.0406 e. The summed E-state index contributed by atoms with van der Waals surface area (Å²) in [5, 5.41) is 0.771. The molecule has 0 heterocycles. The zero-order valence-electron chi connectivity index (χ0n) is 12.2. The monoisotopic (exact) mass is 288 g/mol. The number of halogens is 1. The van der Waals surface area contributed by atoms with Crippen LogP contribution in [0.2, 0.25) is 5.02 Å². The SMILES string of the molecule is CC(c1ccc(Cl)cc1)N(C)C(C)c1cccc(N)c1. The van der Waals surface area contributed by atoms with E-state index in [2.05, 4.69) is 44.0 Å². The molecule has 2 aromatic carbocycles. The molecule has 0 aliphatic heterocycles. The first kappa shape index (κ1) is 14.9. The minimum absolute atomic E-state index is 0.296. The van der Waals surface area contributed by atoms with E-state index in [0.717, 1.165) is 10.7 Å².